The van der Waals surface area contributed by atoms with Crippen molar-refractivity contribution in [3.05, 3.63) is 34.4 Å². The van der Waals surface area contributed by atoms with Crippen LogP contribution in [0.5, 0.6) is 11.5 Å². The molecule has 0 amide bonds. The first-order valence-corrected chi connectivity index (χ1v) is 5.19. The normalized spacial score (nSPS) is 12.3. The number of aliphatic carboxylic acids is 1. The molecule has 0 aliphatic rings. The van der Waals surface area contributed by atoms with E-state index in [1.165, 1.54) is 19.2 Å². The summed E-state index contributed by atoms with van der Waals surface area (Å²) in [4.78, 5) is 22.4. The van der Waals surface area contributed by atoms with E-state index in [4.69, 9.17) is 9.84 Å². The maximum absolute atomic E-state index is 11.5. The number of fused-ring (bicyclic) bond motifs is 1. The second kappa shape index (κ2) is 4.62. The summed E-state index contributed by atoms with van der Waals surface area (Å²) in [6.45, 7) is 0. The molecule has 2 aromatic rings. The summed E-state index contributed by atoms with van der Waals surface area (Å²) in [7, 11) is 1.35. The number of carboxylic acid groups (broad SMARTS) is 1. The monoisotopic (exact) mass is 266 g/mol. The third-order valence-electron chi connectivity index (χ3n) is 2.66. The number of hydrogen-bond donors (Lipinski definition) is 3. The third-order valence-corrected chi connectivity index (χ3v) is 2.66. The number of aliphatic hydroxyl groups is 1. The van der Waals surface area contributed by atoms with E-state index in [1.54, 1.807) is 0 Å². The number of methoxy groups -OCH3 is 1. The number of rotatable bonds is 3. The van der Waals surface area contributed by atoms with E-state index in [0.29, 0.717) is 0 Å². The number of ether oxygens (including phenoxy) is 1. The Morgan fingerprint density at radius 1 is 1.42 bits per heavy atom. The summed E-state index contributed by atoms with van der Waals surface area (Å²) in [5, 5.41) is 27.9. The Bertz CT molecular complexity index is 701. The average molecular weight is 266 g/mol. The standard InChI is InChI=1S/C12H10O7/c1-18-5-2-6-7(10(14)11(15)16)4-19-12(17)9(6)8(13)3-5/h2-4,10,13-14H,1H3,(H,15,16)/t10-/m1/s1. The van der Waals surface area contributed by atoms with Crippen molar-refractivity contribution in [2.75, 3.05) is 7.11 Å². The first-order valence-electron chi connectivity index (χ1n) is 5.19. The van der Waals surface area contributed by atoms with Crippen molar-refractivity contribution in [2.24, 2.45) is 0 Å². The van der Waals surface area contributed by atoms with Gasteiger partial charge in [0.1, 0.15) is 23.1 Å². The lowest BCUT2D eigenvalue weighted by atomic mass is 10.0. The Balaban J connectivity index is 2.87. The molecule has 2 rings (SSSR count). The van der Waals surface area contributed by atoms with E-state index in [9.17, 15) is 19.8 Å². The maximum Gasteiger partial charge on any atom is 0.347 e. The summed E-state index contributed by atoms with van der Waals surface area (Å²) in [5.41, 5.74) is -0.979. The molecule has 0 saturated carbocycles. The molecule has 19 heavy (non-hydrogen) atoms. The fourth-order valence-corrected chi connectivity index (χ4v) is 1.75. The van der Waals surface area contributed by atoms with Crippen LogP contribution in [0.3, 0.4) is 0 Å². The van der Waals surface area contributed by atoms with Gasteiger partial charge in [0.2, 0.25) is 0 Å². The molecule has 0 aliphatic heterocycles. The van der Waals surface area contributed by atoms with Crippen LogP contribution in [0.1, 0.15) is 11.7 Å². The summed E-state index contributed by atoms with van der Waals surface area (Å²) in [5.74, 6) is -1.70. The van der Waals surface area contributed by atoms with Crippen LogP contribution in [-0.2, 0) is 4.79 Å². The maximum atomic E-state index is 11.5. The van der Waals surface area contributed by atoms with Gasteiger partial charge in [-0.3, -0.25) is 0 Å². The highest BCUT2D eigenvalue weighted by atomic mass is 16.5. The molecule has 0 bridgehead atoms. The van der Waals surface area contributed by atoms with Crippen LogP contribution < -0.4 is 10.4 Å². The molecular weight excluding hydrogens is 256 g/mol. The van der Waals surface area contributed by atoms with E-state index in [0.717, 1.165) is 6.26 Å². The summed E-state index contributed by atoms with van der Waals surface area (Å²) in [6.07, 6.45) is -1.03. The minimum Gasteiger partial charge on any atom is -0.507 e. The van der Waals surface area contributed by atoms with Crippen molar-refractivity contribution in [3.8, 4) is 11.5 Å². The molecule has 0 fully saturated rings. The quantitative estimate of drug-likeness (QED) is 0.745. The number of hydrogen-bond acceptors (Lipinski definition) is 6. The zero-order valence-corrected chi connectivity index (χ0v) is 9.78. The molecule has 7 heteroatoms. The number of aliphatic hydroxyl groups excluding tert-OH is 1. The van der Waals surface area contributed by atoms with Crippen LogP contribution in [0.2, 0.25) is 0 Å². The smallest absolute Gasteiger partial charge is 0.347 e. The van der Waals surface area contributed by atoms with E-state index in [1.807, 2.05) is 0 Å². The zero-order valence-electron chi connectivity index (χ0n) is 9.78. The van der Waals surface area contributed by atoms with Crippen LogP contribution in [0.4, 0.5) is 0 Å². The molecule has 0 aliphatic carbocycles. The minimum atomic E-state index is -1.88. The third kappa shape index (κ3) is 2.11. The SMILES string of the molecule is COc1cc(O)c2c(=O)occ([C@@H](O)C(=O)O)c2c1. The molecule has 1 aromatic heterocycles. The second-order valence-electron chi connectivity index (χ2n) is 3.79. The first-order chi connectivity index (χ1) is 8.95. The molecule has 0 saturated heterocycles. The van der Waals surface area contributed by atoms with Crippen molar-refractivity contribution >= 4 is 16.7 Å². The molecule has 0 radical (unpaired) electrons. The van der Waals surface area contributed by atoms with Gasteiger partial charge in [0.15, 0.2) is 6.10 Å². The molecular formula is C12H10O7. The molecule has 0 spiro atoms. The van der Waals surface area contributed by atoms with E-state index < -0.39 is 23.4 Å². The lowest BCUT2D eigenvalue weighted by molar-refractivity contribution is -0.146. The van der Waals surface area contributed by atoms with Gasteiger partial charge < -0.3 is 24.5 Å². The Hall–Kier alpha value is -2.54. The Morgan fingerprint density at radius 2 is 2.11 bits per heavy atom. The predicted molar refractivity (Wildman–Crippen MR) is 63.3 cm³/mol. The van der Waals surface area contributed by atoms with Crippen LogP contribution >= 0.6 is 0 Å². The molecule has 3 N–H and O–H groups in total. The molecule has 0 unspecified atom stereocenters. The van der Waals surface area contributed by atoms with Crippen LogP contribution in [0, 0.1) is 0 Å². The summed E-state index contributed by atoms with van der Waals surface area (Å²) in [6, 6.07) is 2.53. The zero-order chi connectivity index (χ0) is 14.2. The molecule has 1 heterocycles. The fourth-order valence-electron chi connectivity index (χ4n) is 1.75. The van der Waals surface area contributed by atoms with Gasteiger partial charge in [0.25, 0.3) is 0 Å². The molecule has 100 valence electrons. The van der Waals surface area contributed by atoms with Crippen molar-refractivity contribution in [1.82, 2.24) is 0 Å². The fraction of sp³-hybridized carbons (Fsp3) is 0.167. The van der Waals surface area contributed by atoms with Crippen molar-refractivity contribution in [1.29, 1.82) is 0 Å². The van der Waals surface area contributed by atoms with Crippen molar-refractivity contribution in [3.63, 3.8) is 0 Å². The van der Waals surface area contributed by atoms with Gasteiger partial charge in [-0.05, 0) is 6.07 Å². The average Bonchev–Trinajstić information content (AvgIpc) is 2.37. The topological polar surface area (TPSA) is 117 Å². The summed E-state index contributed by atoms with van der Waals surface area (Å²) >= 11 is 0. The number of carbonyl (C=O) groups is 1. The highest BCUT2D eigenvalue weighted by Gasteiger charge is 2.22. The molecule has 7 nitrogen and oxygen atoms in total. The van der Waals surface area contributed by atoms with Gasteiger partial charge in [0.05, 0.1) is 7.11 Å². The van der Waals surface area contributed by atoms with Crippen LogP contribution in [0.15, 0.2) is 27.6 Å². The van der Waals surface area contributed by atoms with Crippen LogP contribution in [0.25, 0.3) is 10.8 Å². The highest BCUT2D eigenvalue weighted by Crippen LogP contribution is 2.32. The first kappa shape index (κ1) is 12.9. The largest absolute Gasteiger partial charge is 0.507 e. The lowest BCUT2D eigenvalue weighted by Crippen LogP contribution is -2.13. The Kier molecular flexibility index (Phi) is 3.14. The number of carboxylic acids is 1. The lowest BCUT2D eigenvalue weighted by Gasteiger charge is -2.10. The van der Waals surface area contributed by atoms with Crippen LogP contribution in [-0.4, -0.2) is 28.4 Å². The highest BCUT2D eigenvalue weighted by molar-refractivity contribution is 5.93. The Labute approximate surface area is 106 Å². The number of phenolic OH excluding ortho intramolecular Hbond substituents is 1. The van der Waals surface area contributed by atoms with Gasteiger partial charge in [-0.15, -0.1) is 0 Å². The van der Waals surface area contributed by atoms with Gasteiger partial charge in [-0.1, -0.05) is 0 Å². The van der Waals surface area contributed by atoms with E-state index in [2.05, 4.69) is 4.42 Å². The predicted octanol–water partition coefficient (Wildman–Crippen LogP) is 0.625. The van der Waals surface area contributed by atoms with Gasteiger partial charge >= 0.3 is 11.6 Å². The van der Waals surface area contributed by atoms with Crippen molar-refractivity contribution in [2.45, 2.75) is 6.10 Å². The Morgan fingerprint density at radius 3 is 2.68 bits per heavy atom. The number of phenols is 1. The van der Waals surface area contributed by atoms with Crippen molar-refractivity contribution < 1.29 is 29.3 Å². The van der Waals surface area contributed by atoms with Gasteiger partial charge in [-0.2, -0.15) is 0 Å². The molecule has 1 aromatic carbocycles. The second-order valence-corrected chi connectivity index (χ2v) is 3.79. The number of aromatic hydroxyl groups is 1. The van der Waals surface area contributed by atoms with E-state index in [-0.39, 0.29) is 22.1 Å². The van der Waals surface area contributed by atoms with Gasteiger partial charge in [0, 0.05) is 17.0 Å². The van der Waals surface area contributed by atoms with Gasteiger partial charge in [-0.25, -0.2) is 9.59 Å². The minimum absolute atomic E-state index is 0.0583. The van der Waals surface area contributed by atoms with E-state index >= 15 is 0 Å². The number of benzene rings is 1. The summed E-state index contributed by atoms with van der Waals surface area (Å²) < 4.78 is 9.53. The molecule has 1 atom stereocenters.